The maximum Gasteiger partial charge on any atom is 0.337 e. The third-order valence-electron chi connectivity index (χ3n) is 3.73. The van der Waals surface area contributed by atoms with E-state index in [1.54, 1.807) is 30.3 Å². The molecule has 6 nitrogen and oxygen atoms in total. The summed E-state index contributed by atoms with van der Waals surface area (Å²) < 4.78 is 10.2. The summed E-state index contributed by atoms with van der Waals surface area (Å²) in [5, 5.41) is 8.10. The first-order chi connectivity index (χ1) is 13.2. The summed E-state index contributed by atoms with van der Waals surface area (Å²) >= 11 is 5.84. The summed E-state index contributed by atoms with van der Waals surface area (Å²) in [5.41, 5.74) is 4.18. The Bertz CT molecular complexity index is 943. The predicted octanol–water partition coefficient (Wildman–Crippen LogP) is 3.51. The molecule has 28 heavy (non-hydrogen) atoms. The number of ketones is 1. The van der Waals surface area contributed by atoms with Crippen molar-refractivity contribution in [1.82, 2.24) is 10.2 Å². The van der Waals surface area contributed by atoms with E-state index in [1.165, 1.54) is 14.2 Å². The summed E-state index contributed by atoms with van der Waals surface area (Å²) in [4.78, 5) is 25.1. The van der Waals surface area contributed by atoms with Crippen LogP contribution in [0, 0.1) is 11.5 Å². The molecule has 1 atom stereocenters. The molecule has 0 bridgehead atoms. The molecule has 1 aromatic heterocycles. The molecule has 1 unspecified atom stereocenters. The van der Waals surface area contributed by atoms with E-state index in [-0.39, 0.29) is 16.5 Å². The Hall–Kier alpha value is -2.69. The normalized spacial score (nSPS) is 11.8. The van der Waals surface area contributed by atoms with E-state index in [2.05, 4.69) is 21.7 Å². The van der Waals surface area contributed by atoms with Gasteiger partial charge in [0, 0.05) is 5.56 Å². The average Bonchev–Trinajstić information content (AvgIpc) is 2.66. The molecule has 0 saturated heterocycles. The largest absolute Gasteiger partial charge is 0.496 e. The summed E-state index contributed by atoms with van der Waals surface area (Å²) in [7, 11) is 0.999. The number of aromatic nitrogens is 2. The number of nitrogens with zero attached hydrogens (tertiary/aromatic N) is 2. The van der Waals surface area contributed by atoms with E-state index in [4.69, 9.17) is 21.1 Å². The maximum absolute atomic E-state index is 13.1. The number of hydrogen-bond donors (Lipinski definition) is 0. The fourth-order valence-corrected chi connectivity index (χ4v) is 3.04. The number of hydrogen-bond acceptors (Lipinski definition) is 6. The van der Waals surface area contributed by atoms with Crippen LogP contribution in [0.1, 0.15) is 27.5 Å². The lowest BCUT2D eigenvalue weighted by atomic mass is 9.89. The van der Waals surface area contributed by atoms with Gasteiger partial charge in [-0.2, -0.15) is 5.10 Å². The second kappa shape index (κ2) is 9.00. The van der Waals surface area contributed by atoms with E-state index in [9.17, 15) is 9.59 Å². The minimum Gasteiger partial charge on any atom is -0.496 e. The number of halogens is 1. The first-order valence-electron chi connectivity index (χ1n) is 8.48. The van der Waals surface area contributed by atoms with Crippen molar-refractivity contribution in [2.45, 2.75) is 25.6 Å². The molecule has 1 heterocycles. The van der Waals surface area contributed by atoms with Crippen molar-refractivity contribution in [1.29, 1.82) is 0 Å². The van der Waals surface area contributed by atoms with Crippen molar-refractivity contribution >= 4 is 31.4 Å². The smallest absolute Gasteiger partial charge is 0.337 e. The quantitative estimate of drug-likeness (QED) is 0.421. The van der Waals surface area contributed by atoms with E-state index in [1.807, 2.05) is 19.6 Å². The Labute approximate surface area is 170 Å². The Morgan fingerprint density at radius 2 is 1.82 bits per heavy atom. The zero-order chi connectivity index (χ0) is 20.9. The standard InChI is InChI=1S/C20H21ClN2O4Si/c1-26-17-8-6-13(20(25)27-2)12-14(17)19(15-7-9-18(21)23-22-15)16(24)10-11-28(3,4)5/h6-9,12,19H,1-5H3. The molecule has 8 heteroatoms. The lowest BCUT2D eigenvalue weighted by molar-refractivity contribution is -0.114. The first kappa shape index (κ1) is 21.6. The molecule has 0 amide bonds. The monoisotopic (exact) mass is 416 g/mol. The highest BCUT2D eigenvalue weighted by molar-refractivity contribution is 6.84. The van der Waals surface area contributed by atoms with Crippen LogP contribution in [0.25, 0.3) is 0 Å². The van der Waals surface area contributed by atoms with E-state index < -0.39 is 20.0 Å². The molecular weight excluding hydrogens is 396 g/mol. The minimum absolute atomic E-state index is 0.207. The Morgan fingerprint density at radius 1 is 1.11 bits per heavy atom. The van der Waals surface area contributed by atoms with Gasteiger partial charge < -0.3 is 9.47 Å². The van der Waals surface area contributed by atoms with Crippen LogP contribution in [0.4, 0.5) is 0 Å². The second-order valence-electron chi connectivity index (χ2n) is 7.03. The average molecular weight is 417 g/mol. The van der Waals surface area contributed by atoms with Gasteiger partial charge >= 0.3 is 5.97 Å². The molecule has 0 radical (unpaired) electrons. The van der Waals surface area contributed by atoms with Crippen LogP contribution < -0.4 is 4.74 Å². The van der Waals surface area contributed by atoms with Gasteiger partial charge in [-0.3, -0.25) is 4.79 Å². The van der Waals surface area contributed by atoms with Crippen molar-refractivity contribution in [3.8, 4) is 17.2 Å². The SMILES string of the molecule is COC(=O)c1ccc(OC)c(C(C(=O)C#C[Si](C)(C)C)c2ccc(Cl)nn2)c1. The van der Waals surface area contributed by atoms with E-state index in [0.29, 0.717) is 17.0 Å². The van der Waals surface area contributed by atoms with Crippen molar-refractivity contribution in [3.05, 3.63) is 52.3 Å². The lowest BCUT2D eigenvalue weighted by Gasteiger charge is -2.17. The van der Waals surface area contributed by atoms with Crippen LogP contribution in [0.3, 0.4) is 0 Å². The molecule has 2 aromatic rings. The summed E-state index contributed by atoms with van der Waals surface area (Å²) in [6.07, 6.45) is 0. The zero-order valence-corrected chi connectivity index (χ0v) is 18.1. The fourth-order valence-electron chi connectivity index (χ4n) is 2.44. The number of esters is 1. The van der Waals surface area contributed by atoms with Crippen LogP contribution in [0.2, 0.25) is 24.8 Å². The van der Waals surface area contributed by atoms with E-state index >= 15 is 0 Å². The van der Waals surface area contributed by atoms with Gasteiger partial charge in [0.2, 0.25) is 5.78 Å². The number of Topliss-reactive ketones (excluding diaryl/α,β-unsaturated/α-hetero) is 1. The van der Waals surface area contributed by atoms with Crippen LogP contribution in [-0.4, -0.2) is 44.2 Å². The highest BCUT2D eigenvalue weighted by Gasteiger charge is 2.28. The Balaban J connectivity index is 2.67. The van der Waals surface area contributed by atoms with Gasteiger partial charge in [0.25, 0.3) is 0 Å². The van der Waals surface area contributed by atoms with Crippen LogP contribution in [-0.2, 0) is 9.53 Å². The molecule has 2 rings (SSSR count). The Morgan fingerprint density at radius 3 is 2.36 bits per heavy atom. The van der Waals surface area contributed by atoms with Gasteiger partial charge in [0.1, 0.15) is 19.7 Å². The molecule has 0 aliphatic carbocycles. The topological polar surface area (TPSA) is 78.4 Å². The number of ether oxygens (including phenoxy) is 2. The highest BCUT2D eigenvalue weighted by atomic mass is 35.5. The lowest BCUT2D eigenvalue weighted by Crippen LogP contribution is -2.20. The second-order valence-corrected chi connectivity index (χ2v) is 12.2. The van der Waals surface area contributed by atoms with Crippen molar-refractivity contribution in [3.63, 3.8) is 0 Å². The molecular formula is C20H21ClN2O4Si. The first-order valence-corrected chi connectivity index (χ1v) is 12.4. The third kappa shape index (κ3) is 5.41. The maximum atomic E-state index is 13.1. The summed E-state index contributed by atoms with van der Waals surface area (Å²) in [6.45, 7) is 6.13. The molecule has 0 aliphatic heterocycles. The van der Waals surface area contributed by atoms with Gasteiger partial charge in [-0.05, 0) is 36.3 Å². The molecule has 0 spiro atoms. The summed E-state index contributed by atoms with van der Waals surface area (Å²) in [6, 6.07) is 7.89. The number of rotatable bonds is 5. The van der Waals surface area contributed by atoms with Gasteiger partial charge in [-0.25, -0.2) is 4.79 Å². The number of carbonyl (C=O) groups excluding carboxylic acids is 2. The number of methoxy groups -OCH3 is 2. The minimum atomic E-state index is -1.78. The highest BCUT2D eigenvalue weighted by Crippen LogP contribution is 2.33. The van der Waals surface area contributed by atoms with Crippen molar-refractivity contribution in [2.24, 2.45) is 0 Å². The van der Waals surface area contributed by atoms with Crippen molar-refractivity contribution in [2.75, 3.05) is 14.2 Å². The van der Waals surface area contributed by atoms with Crippen LogP contribution in [0.15, 0.2) is 30.3 Å². The number of carbonyl (C=O) groups is 2. The van der Waals surface area contributed by atoms with E-state index in [0.717, 1.165) is 0 Å². The Kier molecular flexibility index (Phi) is 6.94. The zero-order valence-electron chi connectivity index (χ0n) is 16.4. The molecule has 0 fully saturated rings. The number of benzene rings is 1. The van der Waals surface area contributed by atoms with Gasteiger partial charge in [0.15, 0.2) is 5.15 Å². The molecule has 146 valence electrons. The molecule has 0 saturated carbocycles. The molecule has 0 aliphatic rings. The van der Waals surface area contributed by atoms with Gasteiger partial charge in [-0.1, -0.05) is 31.2 Å². The fraction of sp³-hybridized carbons (Fsp3) is 0.300. The molecule has 0 N–H and O–H groups in total. The van der Waals surface area contributed by atoms with Gasteiger partial charge in [0.05, 0.1) is 25.5 Å². The molecule has 1 aromatic carbocycles. The van der Waals surface area contributed by atoms with Crippen molar-refractivity contribution < 1.29 is 19.1 Å². The van der Waals surface area contributed by atoms with Gasteiger partial charge in [-0.15, -0.1) is 10.6 Å². The summed E-state index contributed by atoms with van der Waals surface area (Å²) in [5.74, 6) is 1.41. The predicted molar refractivity (Wildman–Crippen MR) is 109 cm³/mol. The third-order valence-corrected chi connectivity index (χ3v) is 4.81. The van der Waals surface area contributed by atoms with Crippen LogP contribution >= 0.6 is 11.6 Å². The van der Waals surface area contributed by atoms with Crippen LogP contribution in [0.5, 0.6) is 5.75 Å².